The Balaban J connectivity index is 2.09. The second-order valence-electron chi connectivity index (χ2n) is 4.78. The molecule has 1 aromatic heterocycles. The van der Waals surface area contributed by atoms with Gasteiger partial charge in [-0.15, -0.1) is 0 Å². The second kappa shape index (κ2) is 5.82. The molecule has 0 spiro atoms. The van der Waals surface area contributed by atoms with E-state index in [0.29, 0.717) is 17.4 Å². The normalized spacial score (nSPS) is 16.3. The minimum absolute atomic E-state index is 0.0287. The van der Waals surface area contributed by atoms with E-state index in [4.69, 9.17) is 5.84 Å². The van der Waals surface area contributed by atoms with Gasteiger partial charge in [-0.2, -0.15) is 0 Å². The summed E-state index contributed by atoms with van der Waals surface area (Å²) in [6, 6.07) is 3.77. The topological polar surface area (TPSA) is 71.2 Å². The van der Waals surface area contributed by atoms with Crippen LogP contribution in [0.15, 0.2) is 18.3 Å². The molecule has 0 aromatic carbocycles. The minimum atomic E-state index is -0.0287. The minimum Gasteiger partial charge on any atom is -0.337 e. The van der Waals surface area contributed by atoms with Gasteiger partial charge >= 0.3 is 0 Å². The Bertz CT molecular complexity index is 415. The number of carbonyl (C=O) groups excluding carboxylic acids is 1. The van der Waals surface area contributed by atoms with Crippen molar-refractivity contribution in [1.29, 1.82) is 0 Å². The van der Waals surface area contributed by atoms with Gasteiger partial charge in [0.25, 0.3) is 5.91 Å². The number of aromatic nitrogens is 1. The number of nitrogens with zero attached hydrogens (tertiary/aromatic N) is 2. The molecule has 98 valence electrons. The number of nitrogens with two attached hydrogens (primary N) is 1. The number of amides is 1. The second-order valence-corrected chi connectivity index (χ2v) is 4.78. The lowest BCUT2D eigenvalue weighted by Gasteiger charge is -2.31. The van der Waals surface area contributed by atoms with Crippen molar-refractivity contribution in [3.05, 3.63) is 24.0 Å². The van der Waals surface area contributed by atoms with Crippen LogP contribution in [-0.2, 0) is 0 Å². The molecule has 2 rings (SSSR count). The van der Waals surface area contributed by atoms with Crippen LogP contribution in [0.4, 0.5) is 5.69 Å². The summed E-state index contributed by atoms with van der Waals surface area (Å²) in [5.74, 6) is 5.31. The van der Waals surface area contributed by atoms with Crippen molar-refractivity contribution >= 4 is 11.6 Å². The van der Waals surface area contributed by atoms with Gasteiger partial charge in [-0.05, 0) is 25.0 Å². The van der Waals surface area contributed by atoms with Gasteiger partial charge in [0.2, 0.25) is 0 Å². The van der Waals surface area contributed by atoms with Crippen molar-refractivity contribution < 1.29 is 4.79 Å². The monoisotopic (exact) mass is 248 g/mol. The van der Waals surface area contributed by atoms with Crippen LogP contribution in [0, 0.1) is 0 Å². The van der Waals surface area contributed by atoms with E-state index in [0.717, 1.165) is 12.8 Å². The maximum Gasteiger partial charge on any atom is 0.272 e. The quantitative estimate of drug-likeness (QED) is 0.631. The van der Waals surface area contributed by atoms with E-state index < -0.39 is 0 Å². The van der Waals surface area contributed by atoms with Crippen molar-refractivity contribution in [2.24, 2.45) is 5.84 Å². The lowest BCUT2D eigenvalue weighted by molar-refractivity contribution is 0.0690. The average molecular weight is 248 g/mol. The molecule has 1 aliphatic rings. The molecule has 0 saturated heterocycles. The standard InChI is InChI=1S/C13H20N4O/c1-17(11-5-3-2-4-6-11)13(18)12-9-10(16-14)7-8-15-12/h7-9,11H,2-6,14H2,1H3,(H,15,16). The number of nitrogens with one attached hydrogen (secondary N) is 1. The molecule has 0 atom stereocenters. The van der Waals surface area contributed by atoms with Gasteiger partial charge in [0.05, 0.1) is 5.69 Å². The van der Waals surface area contributed by atoms with E-state index >= 15 is 0 Å². The van der Waals surface area contributed by atoms with Gasteiger partial charge in [-0.25, -0.2) is 0 Å². The van der Waals surface area contributed by atoms with Crippen molar-refractivity contribution in [2.75, 3.05) is 12.5 Å². The lowest BCUT2D eigenvalue weighted by atomic mass is 9.94. The molecular formula is C13H20N4O. The molecule has 1 aromatic rings. The number of rotatable bonds is 3. The maximum atomic E-state index is 12.3. The van der Waals surface area contributed by atoms with Gasteiger partial charge in [0.1, 0.15) is 5.69 Å². The Kier molecular flexibility index (Phi) is 4.15. The average Bonchev–Trinajstić information content (AvgIpc) is 2.46. The Labute approximate surface area is 107 Å². The van der Waals surface area contributed by atoms with Crippen molar-refractivity contribution in [1.82, 2.24) is 9.88 Å². The highest BCUT2D eigenvalue weighted by Gasteiger charge is 2.23. The summed E-state index contributed by atoms with van der Waals surface area (Å²) >= 11 is 0. The lowest BCUT2D eigenvalue weighted by Crippen LogP contribution is -2.38. The highest BCUT2D eigenvalue weighted by molar-refractivity contribution is 5.93. The highest BCUT2D eigenvalue weighted by atomic mass is 16.2. The van der Waals surface area contributed by atoms with Gasteiger partial charge in [-0.1, -0.05) is 19.3 Å². The summed E-state index contributed by atoms with van der Waals surface area (Å²) in [7, 11) is 1.86. The van der Waals surface area contributed by atoms with E-state index in [2.05, 4.69) is 10.4 Å². The van der Waals surface area contributed by atoms with Gasteiger partial charge in [0.15, 0.2) is 0 Å². The first kappa shape index (κ1) is 12.8. The molecule has 18 heavy (non-hydrogen) atoms. The van der Waals surface area contributed by atoms with Crippen LogP contribution < -0.4 is 11.3 Å². The smallest absolute Gasteiger partial charge is 0.272 e. The molecule has 1 saturated carbocycles. The molecule has 0 bridgehead atoms. The van der Waals surface area contributed by atoms with Gasteiger partial charge in [-0.3, -0.25) is 15.6 Å². The Hall–Kier alpha value is -1.62. The number of carbonyl (C=O) groups is 1. The van der Waals surface area contributed by atoms with Crippen LogP contribution >= 0.6 is 0 Å². The van der Waals surface area contributed by atoms with Crippen molar-refractivity contribution in [3.8, 4) is 0 Å². The number of hydrogen-bond donors (Lipinski definition) is 2. The zero-order valence-corrected chi connectivity index (χ0v) is 10.7. The molecule has 1 heterocycles. The molecule has 5 heteroatoms. The number of anilines is 1. The summed E-state index contributed by atoms with van der Waals surface area (Å²) in [4.78, 5) is 18.2. The third kappa shape index (κ3) is 2.79. The zero-order valence-electron chi connectivity index (χ0n) is 10.7. The number of pyridine rings is 1. The summed E-state index contributed by atoms with van der Waals surface area (Å²) in [6.45, 7) is 0. The van der Waals surface area contributed by atoms with E-state index in [9.17, 15) is 4.79 Å². The molecule has 1 aliphatic carbocycles. The molecule has 0 aliphatic heterocycles. The molecule has 3 N–H and O–H groups in total. The Morgan fingerprint density at radius 3 is 2.83 bits per heavy atom. The van der Waals surface area contributed by atoms with Crippen LogP contribution in [0.2, 0.25) is 0 Å². The van der Waals surface area contributed by atoms with Crippen LogP contribution in [0.3, 0.4) is 0 Å². The number of hydrogen-bond acceptors (Lipinski definition) is 4. The van der Waals surface area contributed by atoms with E-state index in [-0.39, 0.29) is 5.91 Å². The van der Waals surface area contributed by atoms with E-state index in [1.54, 1.807) is 18.3 Å². The van der Waals surface area contributed by atoms with Gasteiger partial charge in [0, 0.05) is 19.3 Å². The summed E-state index contributed by atoms with van der Waals surface area (Å²) < 4.78 is 0. The molecule has 5 nitrogen and oxygen atoms in total. The fraction of sp³-hybridized carbons (Fsp3) is 0.538. The van der Waals surface area contributed by atoms with Crippen LogP contribution in [-0.4, -0.2) is 28.9 Å². The first-order chi connectivity index (χ1) is 8.72. The first-order valence-corrected chi connectivity index (χ1v) is 6.42. The summed E-state index contributed by atoms with van der Waals surface area (Å²) in [5.41, 5.74) is 3.67. The molecule has 0 radical (unpaired) electrons. The molecule has 0 unspecified atom stereocenters. The largest absolute Gasteiger partial charge is 0.337 e. The van der Waals surface area contributed by atoms with Gasteiger partial charge < -0.3 is 10.3 Å². The predicted molar refractivity (Wildman–Crippen MR) is 71.0 cm³/mol. The van der Waals surface area contributed by atoms with Crippen molar-refractivity contribution in [3.63, 3.8) is 0 Å². The number of hydrazine groups is 1. The third-order valence-electron chi connectivity index (χ3n) is 3.59. The fourth-order valence-corrected chi connectivity index (χ4v) is 2.45. The maximum absolute atomic E-state index is 12.3. The first-order valence-electron chi connectivity index (χ1n) is 6.42. The predicted octanol–water partition coefficient (Wildman–Crippen LogP) is 1.77. The summed E-state index contributed by atoms with van der Waals surface area (Å²) in [6.07, 6.45) is 7.48. The van der Waals surface area contributed by atoms with Crippen LogP contribution in [0.25, 0.3) is 0 Å². The van der Waals surface area contributed by atoms with E-state index in [1.807, 2.05) is 11.9 Å². The van der Waals surface area contributed by atoms with Crippen LogP contribution in [0.1, 0.15) is 42.6 Å². The number of nitrogen functional groups attached to an aromatic ring is 1. The summed E-state index contributed by atoms with van der Waals surface area (Å²) in [5, 5.41) is 0. The molecule has 1 fully saturated rings. The van der Waals surface area contributed by atoms with E-state index in [1.165, 1.54) is 19.3 Å². The Morgan fingerprint density at radius 2 is 2.17 bits per heavy atom. The fourth-order valence-electron chi connectivity index (χ4n) is 2.45. The van der Waals surface area contributed by atoms with Crippen molar-refractivity contribution in [2.45, 2.75) is 38.1 Å². The molecule has 1 amide bonds. The molecular weight excluding hydrogens is 228 g/mol. The highest BCUT2D eigenvalue weighted by Crippen LogP contribution is 2.22. The Morgan fingerprint density at radius 1 is 1.44 bits per heavy atom. The third-order valence-corrected chi connectivity index (χ3v) is 3.59. The SMILES string of the molecule is CN(C(=O)c1cc(NN)ccn1)C1CCCCC1. The zero-order chi connectivity index (χ0) is 13.0. The van der Waals surface area contributed by atoms with Crippen LogP contribution in [0.5, 0.6) is 0 Å².